The normalized spacial score (nSPS) is 18.3. The van der Waals surface area contributed by atoms with Gasteiger partial charge in [0.15, 0.2) is 0 Å². The van der Waals surface area contributed by atoms with Crippen molar-refractivity contribution < 1.29 is 33.9 Å². The number of pyridine rings is 1. The quantitative estimate of drug-likeness (QED) is 0.173. The second-order valence-corrected chi connectivity index (χ2v) is 19.9. The lowest BCUT2D eigenvalue weighted by molar-refractivity contribution is 0.446. The molecule has 0 fully saturated rings. The van der Waals surface area contributed by atoms with Crippen molar-refractivity contribution in [3.63, 3.8) is 0 Å². The van der Waals surface area contributed by atoms with Crippen molar-refractivity contribution in [3.8, 4) is 78.6 Å². The molecule has 0 aliphatic rings. The van der Waals surface area contributed by atoms with Crippen LogP contribution < -0.4 is 0 Å². The highest BCUT2D eigenvalue weighted by Crippen LogP contribution is 2.46. The Labute approximate surface area is 440 Å². The van der Waals surface area contributed by atoms with Crippen LogP contribution in [0.25, 0.3) is 83.9 Å². The third kappa shape index (κ3) is 9.42. The van der Waals surface area contributed by atoms with Crippen LogP contribution in [-0.2, 0) is 21.7 Å². The number of aryl methyl sites for hydroxylation is 1. The van der Waals surface area contributed by atoms with Crippen LogP contribution in [-0.4, -0.2) is 19.6 Å². The van der Waals surface area contributed by atoms with Gasteiger partial charge in [-0.2, -0.15) is 0 Å². The van der Waals surface area contributed by atoms with E-state index in [1.165, 1.54) is 18.3 Å². The molecule has 0 aliphatic carbocycles. The first-order valence-electron chi connectivity index (χ1n) is 33.2. The van der Waals surface area contributed by atoms with Crippen LogP contribution in [0.5, 0.6) is 5.75 Å². The van der Waals surface area contributed by atoms with Gasteiger partial charge in [0, 0.05) is 51.7 Å². The third-order valence-corrected chi connectivity index (χ3v) is 12.6. The Hall–Kier alpha value is -7.04. The molecule has 0 amide bonds. The van der Waals surface area contributed by atoms with E-state index in [0.717, 1.165) is 28.8 Å². The molecule has 0 spiro atoms. The Bertz CT molecular complexity index is 4030. The van der Waals surface area contributed by atoms with E-state index >= 15 is 0 Å². The predicted molar refractivity (Wildman–Crippen MR) is 293 cm³/mol. The molecule has 0 saturated carbocycles. The topological polar surface area (TPSA) is 50.9 Å². The Morgan fingerprint density at radius 1 is 0.464 bits per heavy atom. The largest absolute Gasteiger partial charge is 0.507 e. The maximum atomic E-state index is 12.6. The minimum absolute atomic E-state index is 0.0103. The number of phenols is 1. The molecule has 2 aromatic heterocycles. The van der Waals surface area contributed by atoms with E-state index in [1.54, 1.807) is 28.8 Å². The van der Waals surface area contributed by atoms with Crippen molar-refractivity contribution in [2.45, 2.75) is 111 Å². The summed E-state index contributed by atoms with van der Waals surface area (Å²) < 4.78 is 184. The number of benzene rings is 7. The van der Waals surface area contributed by atoms with Gasteiger partial charge in [-0.15, -0.1) is 0 Å². The molecule has 0 atom stereocenters. The van der Waals surface area contributed by atoms with E-state index in [1.807, 2.05) is 124 Å². The molecule has 0 bridgehead atoms. The van der Waals surface area contributed by atoms with Crippen molar-refractivity contribution in [2.75, 3.05) is 0 Å². The standard InChI is InChI=1S/C65H67N3O/c1-41-31-44(42-21-16-14-17-22-42)27-28-57(41)68-58-26-20-25-53(59(58)67-61(68)54-39-52(64(8,9)10)40-55(60(54)69)65(11,12)13)48-32-46(43-23-18-15-19-24-43)33-49(34-48)56-37-45(29-30-66-56)47-35-50(62(2,3)4)38-51(36-47)63(5,6)7/h14-40,69H,1-13H3/i1D3,2D3,3D3,4D3,5D3,6D3,7D3. The maximum absolute atomic E-state index is 12.6. The number of hydrogen-bond donors (Lipinski definition) is 1. The molecule has 0 aliphatic heterocycles. The molecular weight excluding hydrogens is 839 g/mol. The summed E-state index contributed by atoms with van der Waals surface area (Å²) in [5.74, 6) is 0.183. The van der Waals surface area contributed by atoms with Crippen LogP contribution in [0.4, 0.5) is 0 Å². The summed E-state index contributed by atoms with van der Waals surface area (Å²) in [6.45, 7) is -14.2. The number of fused-ring (bicyclic) bond motifs is 1. The van der Waals surface area contributed by atoms with Gasteiger partial charge in [0.1, 0.15) is 11.6 Å². The predicted octanol–water partition coefficient (Wildman–Crippen LogP) is 17.6. The van der Waals surface area contributed by atoms with Gasteiger partial charge in [-0.1, -0.05) is 186 Å². The zero-order valence-electron chi connectivity index (χ0n) is 60.4. The molecular formula is C65H67N3O. The highest BCUT2D eigenvalue weighted by atomic mass is 16.3. The third-order valence-electron chi connectivity index (χ3n) is 12.6. The molecule has 0 saturated heterocycles. The number of phenolic OH excluding ortho intramolecular Hbond substituents is 1. The van der Waals surface area contributed by atoms with E-state index in [9.17, 15) is 5.11 Å². The summed E-state index contributed by atoms with van der Waals surface area (Å²) in [5, 5.41) is 12.6. The van der Waals surface area contributed by atoms with Gasteiger partial charge < -0.3 is 5.11 Å². The van der Waals surface area contributed by atoms with E-state index in [4.69, 9.17) is 38.8 Å². The van der Waals surface area contributed by atoms with Gasteiger partial charge in [-0.3, -0.25) is 9.55 Å². The van der Waals surface area contributed by atoms with Gasteiger partial charge in [0.2, 0.25) is 0 Å². The summed E-state index contributed by atoms with van der Waals surface area (Å²) in [6.07, 6.45) is 1.31. The summed E-state index contributed by atoms with van der Waals surface area (Å²) in [5.41, 5.74) is -3.79. The number of para-hydroxylation sites is 1. The molecule has 348 valence electrons. The fraction of sp³-hybridized carbons (Fsp3) is 0.262. The summed E-state index contributed by atoms with van der Waals surface area (Å²) in [7, 11) is 0. The maximum Gasteiger partial charge on any atom is 0.149 e. The van der Waals surface area contributed by atoms with Crippen LogP contribution in [0.1, 0.15) is 139 Å². The fourth-order valence-electron chi connectivity index (χ4n) is 8.83. The lowest BCUT2D eigenvalue weighted by atomic mass is 9.79. The SMILES string of the molecule is [2H]C([2H])([2H])c1cc(-c2ccccc2)ccc1-n1c(-c2cc(C(C)(C)C)cc(C(C)(C)C)c2O)nc2c(-c3cc(-c4ccccc4)cc(-c4cc(-c5cc(C(C([2H])([2H])[2H])(C([2H])([2H])[2H])C([2H])([2H])[2H])cc(C(C([2H])([2H])[2H])(C([2H])([2H])[2H])C([2H])([2H])[2H])c5)ccn4)c3)cccc21. The van der Waals surface area contributed by atoms with Gasteiger partial charge in [-0.25, -0.2) is 4.98 Å². The molecule has 0 radical (unpaired) electrons. The Morgan fingerprint density at radius 2 is 1.06 bits per heavy atom. The van der Waals surface area contributed by atoms with Crippen molar-refractivity contribution in [1.29, 1.82) is 0 Å². The van der Waals surface area contributed by atoms with Crippen LogP contribution in [0.2, 0.25) is 0 Å². The van der Waals surface area contributed by atoms with Gasteiger partial charge in [0.05, 0.1) is 28.0 Å². The molecule has 9 rings (SSSR count). The number of imidazole rings is 1. The van der Waals surface area contributed by atoms with Crippen molar-refractivity contribution >= 4 is 11.0 Å². The Balaban J connectivity index is 1.37. The Morgan fingerprint density at radius 3 is 1.68 bits per heavy atom. The molecule has 4 heteroatoms. The first kappa shape index (κ1) is 27.8. The van der Waals surface area contributed by atoms with Crippen LogP contribution in [0, 0.1) is 6.85 Å². The average Bonchev–Trinajstić information content (AvgIpc) is 0.807. The molecule has 9 aromatic rings. The van der Waals surface area contributed by atoms with E-state index in [0.29, 0.717) is 56.0 Å². The smallest absolute Gasteiger partial charge is 0.149 e. The molecule has 69 heavy (non-hydrogen) atoms. The summed E-state index contributed by atoms with van der Waals surface area (Å²) in [4.78, 5) is 10.2. The monoisotopic (exact) mass is 927 g/mol. The summed E-state index contributed by atoms with van der Waals surface area (Å²) >= 11 is 0. The van der Waals surface area contributed by atoms with E-state index in [-0.39, 0.29) is 39.6 Å². The number of hydrogen-bond acceptors (Lipinski definition) is 3. The number of aromatic nitrogens is 3. The number of nitrogens with zero attached hydrogens (tertiary/aromatic N) is 3. The highest BCUT2D eigenvalue weighted by Gasteiger charge is 2.29. The van der Waals surface area contributed by atoms with E-state index in [2.05, 4.69) is 20.8 Å². The molecule has 2 heterocycles. The van der Waals surface area contributed by atoms with Crippen LogP contribution >= 0.6 is 0 Å². The highest BCUT2D eigenvalue weighted by molar-refractivity contribution is 5.98. The minimum Gasteiger partial charge on any atom is -0.507 e. The molecule has 4 nitrogen and oxygen atoms in total. The Kier molecular flexibility index (Phi) is 7.05. The van der Waals surface area contributed by atoms with Gasteiger partial charge in [0.25, 0.3) is 0 Å². The van der Waals surface area contributed by atoms with Gasteiger partial charge in [-0.05, 0) is 144 Å². The lowest BCUT2D eigenvalue weighted by Gasteiger charge is -2.27. The van der Waals surface area contributed by atoms with E-state index < -0.39 is 80.8 Å². The first-order valence-corrected chi connectivity index (χ1v) is 22.7. The van der Waals surface area contributed by atoms with Crippen molar-refractivity contribution in [2.24, 2.45) is 0 Å². The molecule has 1 N–H and O–H groups in total. The van der Waals surface area contributed by atoms with Crippen LogP contribution in [0.15, 0.2) is 164 Å². The zero-order chi connectivity index (χ0) is 66.7. The molecule has 0 unspecified atom stereocenters. The number of rotatable bonds is 7. The van der Waals surface area contributed by atoms with Crippen molar-refractivity contribution in [3.05, 3.63) is 192 Å². The average molecular weight is 927 g/mol. The molecule has 7 aromatic carbocycles. The second-order valence-electron chi connectivity index (χ2n) is 19.9. The van der Waals surface area contributed by atoms with Crippen LogP contribution in [0.3, 0.4) is 0 Å². The second kappa shape index (κ2) is 17.5. The fourth-order valence-corrected chi connectivity index (χ4v) is 8.83. The van der Waals surface area contributed by atoms with Gasteiger partial charge >= 0.3 is 0 Å². The zero-order valence-corrected chi connectivity index (χ0v) is 39.4. The first-order chi connectivity index (χ1) is 41.3. The minimum atomic E-state index is -3.95. The summed E-state index contributed by atoms with van der Waals surface area (Å²) in [6, 6.07) is 43.7. The lowest BCUT2D eigenvalue weighted by Crippen LogP contribution is -2.17. The van der Waals surface area contributed by atoms with Crippen molar-refractivity contribution in [1.82, 2.24) is 14.5 Å². The number of aromatic hydroxyl groups is 1.